The Morgan fingerprint density at radius 3 is 2.00 bits per heavy atom. The number of nitrogens with one attached hydrogen (secondary N) is 1. The van der Waals surface area contributed by atoms with E-state index in [9.17, 15) is 4.21 Å². The van der Waals surface area contributed by atoms with E-state index >= 15 is 0 Å². The molecule has 0 fully saturated rings. The Labute approximate surface area is 144 Å². The SMILES string of the molecule is COc1ccc(-c2ccc(S(=O)NCc3ccccc3)cc2)cc1. The molecule has 0 saturated carbocycles. The molecule has 0 heterocycles. The molecule has 1 N–H and O–H groups in total. The molecule has 3 nitrogen and oxygen atoms in total. The van der Waals surface area contributed by atoms with Crippen LogP contribution in [0.25, 0.3) is 11.1 Å². The first-order valence-corrected chi connectivity index (χ1v) is 8.85. The van der Waals surface area contributed by atoms with Crippen LogP contribution in [0.15, 0.2) is 83.8 Å². The molecule has 0 aliphatic carbocycles. The quantitative estimate of drug-likeness (QED) is 0.733. The van der Waals surface area contributed by atoms with Crippen molar-refractivity contribution < 1.29 is 8.95 Å². The third kappa shape index (κ3) is 4.10. The molecule has 0 spiro atoms. The molecule has 1 unspecified atom stereocenters. The zero-order chi connectivity index (χ0) is 16.8. The third-order valence-corrected chi connectivity index (χ3v) is 4.85. The van der Waals surface area contributed by atoms with Crippen molar-refractivity contribution in [2.45, 2.75) is 11.4 Å². The fraction of sp³-hybridized carbons (Fsp3) is 0.100. The predicted octanol–water partition coefficient (Wildman–Crippen LogP) is 4.17. The maximum absolute atomic E-state index is 12.3. The van der Waals surface area contributed by atoms with Crippen molar-refractivity contribution >= 4 is 11.0 Å². The van der Waals surface area contributed by atoms with Gasteiger partial charge in [-0.1, -0.05) is 54.6 Å². The summed E-state index contributed by atoms with van der Waals surface area (Å²) in [7, 11) is 0.431. The van der Waals surface area contributed by atoms with Gasteiger partial charge in [-0.2, -0.15) is 0 Å². The number of methoxy groups -OCH3 is 1. The summed E-state index contributed by atoms with van der Waals surface area (Å²) in [4.78, 5) is 0.767. The van der Waals surface area contributed by atoms with Gasteiger partial charge in [0.2, 0.25) is 0 Å². The van der Waals surface area contributed by atoms with Gasteiger partial charge in [0.15, 0.2) is 0 Å². The fourth-order valence-corrected chi connectivity index (χ4v) is 3.23. The van der Waals surface area contributed by atoms with Crippen molar-refractivity contribution in [1.82, 2.24) is 4.72 Å². The molecule has 122 valence electrons. The summed E-state index contributed by atoms with van der Waals surface area (Å²) in [5.41, 5.74) is 3.30. The van der Waals surface area contributed by atoms with E-state index in [1.165, 1.54) is 0 Å². The van der Waals surface area contributed by atoms with Crippen LogP contribution in [-0.2, 0) is 17.5 Å². The van der Waals surface area contributed by atoms with Crippen LogP contribution in [0.5, 0.6) is 5.75 Å². The van der Waals surface area contributed by atoms with E-state index in [0.29, 0.717) is 6.54 Å². The van der Waals surface area contributed by atoms with E-state index in [1.807, 2.05) is 78.9 Å². The van der Waals surface area contributed by atoms with E-state index < -0.39 is 11.0 Å². The van der Waals surface area contributed by atoms with Crippen molar-refractivity contribution in [2.75, 3.05) is 7.11 Å². The van der Waals surface area contributed by atoms with Crippen molar-refractivity contribution in [2.24, 2.45) is 0 Å². The first-order chi connectivity index (χ1) is 11.8. The predicted molar refractivity (Wildman–Crippen MR) is 98.1 cm³/mol. The topological polar surface area (TPSA) is 38.3 Å². The van der Waals surface area contributed by atoms with Crippen molar-refractivity contribution in [3.63, 3.8) is 0 Å². The molecule has 3 aromatic carbocycles. The normalized spacial score (nSPS) is 11.9. The number of rotatable bonds is 6. The van der Waals surface area contributed by atoms with Gasteiger partial charge in [0.05, 0.1) is 12.0 Å². The van der Waals surface area contributed by atoms with Gasteiger partial charge in [0.25, 0.3) is 0 Å². The highest BCUT2D eigenvalue weighted by Gasteiger charge is 2.05. The molecular formula is C20H19NO2S. The number of benzene rings is 3. The summed E-state index contributed by atoms with van der Waals surface area (Å²) in [6.07, 6.45) is 0. The average molecular weight is 337 g/mol. The molecule has 24 heavy (non-hydrogen) atoms. The van der Waals surface area contributed by atoms with Gasteiger partial charge in [0, 0.05) is 6.54 Å². The van der Waals surface area contributed by atoms with Gasteiger partial charge in [-0.15, -0.1) is 0 Å². The molecular weight excluding hydrogens is 318 g/mol. The number of hydrogen-bond donors (Lipinski definition) is 1. The van der Waals surface area contributed by atoms with Gasteiger partial charge in [-0.3, -0.25) is 0 Å². The highest BCUT2D eigenvalue weighted by atomic mass is 32.2. The van der Waals surface area contributed by atoms with Gasteiger partial charge < -0.3 is 4.74 Å². The molecule has 4 heteroatoms. The summed E-state index contributed by atoms with van der Waals surface area (Å²) < 4.78 is 20.5. The van der Waals surface area contributed by atoms with Crippen LogP contribution in [-0.4, -0.2) is 11.3 Å². The Kier molecular flexibility index (Phi) is 5.41. The number of hydrogen-bond acceptors (Lipinski definition) is 2. The Morgan fingerprint density at radius 2 is 1.42 bits per heavy atom. The van der Waals surface area contributed by atoms with E-state index in [4.69, 9.17) is 4.74 Å². The Bertz CT molecular complexity index is 799. The van der Waals surface area contributed by atoms with Crippen LogP contribution < -0.4 is 9.46 Å². The summed E-state index contributed by atoms with van der Waals surface area (Å²) in [5, 5.41) is 0. The van der Waals surface area contributed by atoms with Crippen LogP contribution in [0.3, 0.4) is 0 Å². The Morgan fingerprint density at radius 1 is 0.833 bits per heavy atom. The minimum atomic E-state index is -1.22. The standard InChI is InChI=1S/C20H19NO2S/c1-23-19-11-7-17(8-12-19)18-9-13-20(14-10-18)24(22)21-15-16-5-3-2-4-6-16/h2-14,21H,15H2,1H3. The lowest BCUT2D eigenvalue weighted by Crippen LogP contribution is -2.16. The lowest BCUT2D eigenvalue weighted by Gasteiger charge is -2.07. The van der Waals surface area contributed by atoms with E-state index in [1.54, 1.807) is 7.11 Å². The maximum Gasteiger partial charge on any atom is 0.125 e. The van der Waals surface area contributed by atoms with Gasteiger partial charge >= 0.3 is 0 Å². The van der Waals surface area contributed by atoms with E-state index in [2.05, 4.69) is 4.72 Å². The molecule has 0 radical (unpaired) electrons. The largest absolute Gasteiger partial charge is 0.497 e. The molecule has 0 amide bonds. The molecule has 3 rings (SSSR count). The lowest BCUT2D eigenvalue weighted by molar-refractivity contribution is 0.415. The third-order valence-electron chi connectivity index (χ3n) is 3.74. The van der Waals surface area contributed by atoms with E-state index in [0.717, 1.165) is 27.3 Å². The minimum absolute atomic E-state index is 0.577. The Hall–Kier alpha value is -2.43. The summed E-state index contributed by atoms with van der Waals surface area (Å²) in [6, 6.07) is 25.6. The second kappa shape index (κ2) is 7.90. The van der Waals surface area contributed by atoms with Gasteiger partial charge in [-0.05, 0) is 41.0 Å². The molecule has 3 aromatic rings. The van der Waals surface area contributed by atoms with Crippen molar-refractivity contribution in [1.29, 1.82) is 0 Å². The molecule has 0 bridgehead atoms. The fourth-order valence-electron chi connectivity index (χ4n) is 2.38. The number of ether oxygens (including phenoxy) is 1. The minimum Gasteiger partial charge on any atom is -0.497 e. The molecule has 0 aliphatic heterocycles. The first kappa shape index (κ1) is 16.4. The summed E-state index contributed by atoms with van der Waals surface area (Å²) >= 11 is 0. The van der Waals surface area contributed by atoms with Crippen LogP contribution in [0.2, 0.25) is 0 Å². The second-order valence-corrected chi connectivity index (χ2v) is 6.63. The summed E-state index contributed by atoms with van der Waals surface area (Å²) in [5.74, 6) is 0.835. The van der Waals surface area contributed by atoms with Crippen molar-refractivity contribution in [3.8, 4) is 16.9 Å². The van der Waals surface area contributed by atoms with Gasteiger partial charge in [-0.25, -0.2) is 8.93 Å². The van der Waals surface area contributed by atoms with Crippen molar-refractivity contribution in [3.05, 3.63) is 84.4 Å². The molecule has 0 saturated heterocycles. The monoisotopic (exact) mass is 337 g/mol. The lowest BCUT2D eigenvalue weighted by atomic mass is 10.1. The van der Waals surface area contributed by atoms with Crippen LogP contribution >= 0.6 is 0 Å². The average Bonchev–Trinajstić information content (AvgIpc) is 2.67. The highest BCUT2D eigenvalue weighted by molar-refractivity contribution is 7.83. The summed E-state index contributed by atoms with van der Waals surface area (Å²) in [6.45, 7) is 0.577. The van der Waals surface area contributed by atoms with Crippen LogP contribution in [0.1, 0.15) is 5.56 Å². The second-order valence-electron chi connectivity index (χ2n) is 5.33. The highest BCUT2D eigenvalue weighted by Crippen LogP contribution is 2.23. The Balaban J connectivity index is 1.66. The van der Waals surface area contributed by atoms with E-state index in [-0.39, 0.29) is 0 Å². The molecule has 0 aromatic heterocycles. The molecule has 0 aliphatic rings. The first-order valence-electron chi connectivity index (χ1n) is 7.70. The zero-order valence-electron chi connectivity index (χ0n) is 13.4. The maximum atomic E-state index is 12.3. The van der Waals surface area contributed by atoms with Gasteiger partial charge in [0.1, 0.15) is 16.7 Å². The van der Waals surface area contributed by atoms with Crippen LogP contribution in [0.4, 0.5) is 0 Å². The van der Waals surface area contributed by atoms with Crippen LogP contribution in [0, 0.1) is 0 Å². The zero-order valence-corrected chi connectivity index (χ0v) is 14.3. The molecule has 1 atom stereocenters. The smallest absolute Gasteiger partial charge is 0.125 e.